The van der Waals surface area contributed by atoms with E-state index in [0.29, 0.717) is 6.04 Å². The summed E-state index contributed by atoms with van der Waals surface area (Å²) in [7, 11) is 2.18. The summed E-state index contributed by atoms with van der Waals surface area (Å²) in [4.78, 5) is 3.83. The van der Waals surface area contributed by atoms with E-state index in [4.69, 9.17) is 5.73 Å². The van der Waals surface area contributed by atoms with E-state index < -0.39 is 0 Å². The minimum Gasteiger partial charge on any atom is -0.330 e. The zero-order chi connectivity index (χ0) is 10.4. The predicted molar refractivity (Wildman–Crippen MR) is 63.5 cm³/mol. The van der Waals surface area contributed by atoms with Crippen LogP contribution in [0, 0.1) is 0 Å². The summed E-state index contributed by atoms with van der Waals surface area (Å²) in [5.41, 5.74) is 5.50. The molecule has 0 fully saturated rings. The summed E-state index contributed by atoms with van der Waals surface area (Å²) in [6, 6.07) is 4.93. The number of thiophene rings is 1. The van der Waals surface area contributed by atoms with Gasteiger partial charge in [0.15, 0.2) is 0 Å². The Hall–Kier alpha value is -0.380. The maximum absolute atomic E-state index is 5.50. The SMILES string of the molecule is CC(CCCN)N(C)Cc1cccs1. The first-order valence-electron chi connectivity index (χ1n) is 5.16. The fraction of sp³-hybridized carbons (Fsp3) is 0.636. The van der Waals surface area contributed by atoms with E-state index in [2.05, 4.69) is 36.4 Å². The Morgan fingerprint density at radius 2 is 2.36 bits per heavy atom. The number of hydrogen-bond acceptors (Lipinski definition) is 3. The fourth-order valence-electron chi connectivity index (χ4n) is 1.44. The second-order valence-electron chi connectivity index (χ2n) is 3.77. The number of nitrogens with two attached hydrogens (primary N) is 1. The van der Waals surface area contributed by atoms with Gasteiger partial charge in [0.25, 0.3) is 0 Å². The quantitative estimate of drug-likeness (QED) is 0.784. The van der Waals surface area contributed by atoms with Gasteiger partial charge < -0.3 is 5.73 Å². The Morgan fingerprint density at radius 3 is 2.93 bits per heavy atom. The lowest BCUT2D eigenvalue weighted by atomic mass is 10.1. The molecular formula is C11H20N2S. The monoisotopic (exact) mass is 212 g/mol. The molecule has 1 heterocycles. The van der Waals surface area contributed by atoms with Crippen LogP contribution >= 0.6 is 11.3 Å². The van der Waals surface area contributed by atoms with Crippen molar-refractivity contribution in [2.24, 2.45) is 5.73 Å². The van der Waals surface area contributed by atoms with Crippen molar-refractivity contribution in [2.45, 2.75) is 32.4 Å². The molecule has 0 saturated heterocycles. The van der Waals surface area contributed by atoms with E-state index in [9.17, 15) is 0 Å². The van der Waals surface area contributed by atoms with Gasteiger partial charge in [-0.1, -0.05) is 6.07 Å². The van der Waals surface area contributed by atoms with E-state index >= 15 is 0 Å². The summed E-state index contributed by atoms with van der Waals surface area (Å²) in [5.74, 6) is 0. The third-order valence-corrected chi connectivity index (χ3v) is 3.42. The largest absolute Gasteiger partial charge is 0.330 e. The van der Waals surface area contributed by atoms with Crippen LogP contribution in [0.15, 0.2) is 17.5 Å². The highest BCUT2D eigenvalue weighted by Gasteiger charge is 2.08. The van der Waals surface area contributed by atoms with Crippen molar-refractivity contribution in [1.82, 2.24) is 4.90 Å². The number of hydrogen-bond donors (Lipinski definition) is 1. The molecule has 0 aromatic carbocycles. The highest BCUT2D eigenvalue weighted by atomic mass is 32.1. The predicted octanol–water partition coefficient (Wildman–Crippen LogP) is 2.31. The van der Waals surface area contributed by atoms with Crippen LogP contribution in [-0.2, 0) is 6.54 Å². The molecule has 0 amide bonds. The van der Waals surface area contributed by atoms with Gasteiger partial charge in [0.05, 0.1) is 0 Å². The van der Waals surface area contributed by atoms with Crippen LogP contribution in [0.4, 0.5) is 0 Å². The zero-order valence-corrected chi connectivity index (χ0v) is 9.89. The van der Waals surface area contributed by atoms with Gasteiger partial charge in [-0.2, -0.15) is 0 Å². The Balaban J connectivity index is 2.30. The first-order chi connectivity index (χ1) is 6.74. The van der Waals surface area contributed by atoms with Gasteiger partial charge in [-0.25, -0.2) is 0 Å². The molecule has 0 aliphatic heterocycles. The second kappa shape index (κ2) is 6.17. The van der Waals surface area contributed by atoms with Gasteiger partial charge in [0.2, 0.25) is 0 Å². The molecule has 0 bridgehead atoms. The third kappa shape index (κ3) is 3.78. The van der Waals surface area contributed by atoms with Gasteiger partial charge in [-0.3, -0.25) is 4.90 Å². The average molecular weight is 212 g/mol. The normalized spacial score (nSPS) is 13.4. The molecule has 1 atom stereocenters. The molecule has 14 heavy (non-hydrogen) atoms. The summed E-state index contributed by atoms with van der Waals surface area (Å²) in [5, 5.41) is 2.13. The van der Waals surface area contributed by atoms with Crippen molar-refractivity contribution < 1.29 is 0 Å². The molecule has 0 aliphatic rings. The standard InChI is InChI=1S/C11H20N2S/c1-10(5-3-7-12)13(2)9-11-6-4-8-14-11/h4,6,8,10H,3,5,7,9,12H2,1-2H3. The van der Waals surface area contributed by atoms with Crippen LogP contribution in [0.25, 0.3) is 0 Å². The van der Waals surface area contributed by atoms with E-state index in [1.54, 1.807) is 0 Å². The lowest BCUT2D eigenvalue weighted by Gasteiger charge is -2.23. The molecular weight excluding hydrogens is 192 g/mol. The molecule has 1 aromatic heterocycles. The van der Waals surface area contributed by atoms with Crippen LogP contribution in [-0.4, -0.2) is 24.5 Å². The molecule has 0 saturated carbocycles. The van der Waals surface area contributed by atoms with Crippen molar-refractivity contribution in [1.29, 1.82) is 0 Å². The topological polar surface area (TPSA) is 29.3 Å². The molecule has 0 spiro atoms. The molecule has 2 nitrogen and oxygen atoms in total. The van der Waals surface area contributed by atoms with Gasteiger partial charge >= 0.3 is 0 Å². The maximum atomic E-state index is 5.50. The second-order valence-corrected chi connectivity index (χ2v) is 4.81. The van der Waals surface area contributed by atoms with Crippen molar-refractivity contribution in [2.75, 3.05) is 13.6 Å². The fourth-order valence-corrected chi connectivity index (χ4v) is 2.21. The smallest absolute Gasteiger partial charge is 0.0327 e. The molecule has 80 valence electrons. The summed E-state index contributed by atoms with van der Waals surface area (Å²) < 4.78 is 0. The van der Waals surface area contributed by atoms with Crippen molar-refractivity contribution in [3.05, 3.63) is 22.4 Å². The Kier molecular flexibility index (Phi) is 5.15. The van der Waals surface area contributed by atoms with E-state index in [0.717, 1.165) is 19.5 Å². The van der Waals surface area contributed by atoms with Gasteiger partial charge in [-0.15, -0.1) is 11.3 Å². The number of nitrogens with zero attached hydrogens (tertiary/aromatic N) is 1. The van der Waals surface area contributed by atoms with Gasteiger partial charge in [0.1, 0.15) is 0 Å². The lowest BCUT2D eigenvalue weighted by molar-refractivity contribution is 0.237. The van der Waals surface area contributed by atoms with E-state index in [1.807, 2.05) is 11.3 Å². The van der Waals surface area contributed by atoms with Crippen molar-refractivity contribution >= 4 is 11.3 Å². The minimum atomic E-state index is 0.626. The molecule has 0 aliphatic carbocycles. The molecule has 1 aromatic rings. The maximum Gasteiger partial charge on any atom is 0.0327 e. The Bertz CT molecular complexity index is 233. The van der Waals surface area contributed by atoms with E-state index in [1.165, 1.54) is 11.3 Å². The average Bonchev–Trinajstić information content (AvgIpc) is 2.66. The highest BCUT2D eigenvalue weighted by Crippen LogP contribution is 2.13. The van der Waals surface area contributed by atoms with Crippen LogP contribution in [0.5, 0.6) is 0 Å². The van der Waals surface area contributed by atoms with Crippen LogP contribution < -0.4 is 5.73 Å². The van der Waals surface area contributed by atoms with Gasteiger partial charge in [-0.05, 0) is 44.8 Å². The Morgan fingerprint density at radius 1 is 1.57 bits per heavy atom. The van der Waals surface area contributed by atoms with Crippen molar-refractivity contribution in [3.63, 3.8) is 0 Å². The highest BCUT2D eigenvalue weighted by molar-refractivity contribution is 7.09. The summed E-state index contributed by atoms with van der Waals surface area (Å²) >= 11 is 1.83. The molecule has 0 radical (unpaired) electrons. The molecule has 1 unspecified atom stereocenters. The Labute approximate surface area is 90.7 Å². The third-order valence-electron chi connectivity index (χ3n) is 2.56. The summed E-state index contributed by atoms with van der Waals surface area (Å²) in [6.45, 7) is 4.13. The van der Waals surface area contributed by atoms with Crippen LogP contribution in [0.3, 0.4) is 0 Å². The first kappa shape index (κ1) is 11.7. The molecule has 3 heteroatoms. The lowest BCUT2D eigenvalue weighted by Crippen LogP contribution is -2.28. The molecule has 1 rings (SSSR count). The number of rotatable bonds is 6. The molecule has 2 N–H and O–H groups in total. The first-order valence-corrected chi connectivity index (χ1v) is 6.04. The van der Waals surface area contributed by atoms with Gasteiger partial charge in [0, 0.05) is 17.5 Å². The zero-order valence-electron chi connectivity index (χ0n) is 9.07. The van der Waals surface area contributed by atoms with Crippen molar-refractivity contribution in [3.8, 4) is 0 Å². The minimum absolute atomic E-state index is 0.626. The summed E-state index contributed by atoms with van der Waals surface area (Å²) in [6.07, 6.45) is 2.31. The van der Waals surface area contributed by atoms with Crippen LogP contribution in [0.2, 0.25) is 0 Å². The van der Waals surface area contributed by atoms with E-state index in [-0.39, 0.29) is 0 Å². The van der Waals surface area contributed by atoms with Crippen LogP contribution in [0.1, 0.15) is 24.6 Å².